The number of alkyl halides is 3. The standard InChI is InChI=1S/C21H23F3N2O6S/c1-20(29)7-9-26(10-8-20)16-5-4-14(21(22,23)24)12-15(16)25-33(30,31)18-11-13(19(27)28)3-6-17(18)32-2/h3-6,11-12,25,29H,7-10H2,1-2H3,(H,27,28). The maximum Gasteiger partial charge on any atom is 0.416 e. The van der Waals surface area contributed by atoms with E-state index in [0.29, 0.717) is 32.0 Å². The summed E-state index contributed by atoms with van der Waals surface area (Å²) < 4.78 is 73.5. The van der Waals surface area contributed by atoms with E-state index in [0.717, 1.165) is 24.3 Å². The van der Waals surface area contributed by atoms with Crippen LogP contribution in [0.3, 0.4) is 0 Å². The van der Waals surface area contributed by atoms with Gasteiger partial charge >= 0.3 is 12.1 Å². The Labute approximate surface area is 188 Å². The molecular formula is C21H23F3N2O6S. The number of sulfonamides is 1. The van der Waals surface area contributed by atoms with Gasteiger partial charge in [-0.15, -0.1) is 0 Å². The zero-order chi connectivity index (χ0) is 24.6. The Bertz CT molecular complexity index is 1160. The van der Waals surface area contributed by atoms with Crippen molar-refractivity contribution in [2.75, 3.05) is 29.8 Å². The molecule has 0 aromatic heterocycles. The molecule has 0 bridgehead atoms. The summed E-state index contributed by atoms with van der Waals surface area (Å²) >= 11 is 0. The summed E-state index contributed by atoms with van der Waals surface area (Å²) in [6.45, 7) is 2.25. The Morgan fingerprint density at radius 2 is 1.79 bits per heavy atom. The van der Waals surface area contributed by atoms with Gasteiger partial charge in [-0.2, -0.15) is 13.2 Å². The third kappa shape index (κ3) is 5.50. The number of nitrogens with zero attached hydrogens (tertiary/aromatic N) is 1. The monoisotopic (exact) mass is 488 g/mol. The Balaban J connectivity index is 2.07. The van der Waals surface area contributed by atoms with Crippen LogP contribution in [0.15, 0.2) is 41.3 Å². The molecule has 1 aliphatic heterocycles. The molecule has 180 valence electrons. The molecule has 0 saturated carbocycles. The number of aliphatic hydroxyl groups is 1. The molecule has 0 radical (unpaired) electrons. The van der Waals surface area contributed by atoms with Crippen molar-refractivity contribution >= 4 is 27.4 Å². The third-order valence-electron chi connectivity index (χ3n) is 5.45. The molecule has 12 heteroatoms. The van der Waals surface area contributed by atoms with E-state index in [1.807, 2.05) is 0 Å². The summed E-state index contributed by atoms with van der Waals surface area (Å²) in [7, 11) is -3.36. The molecule has 3 N–H and O–H groups in total. The predicted molar refractivity (Wildman–Crippen MR) is 114 cm³/mol. The van der Waals surface area contributed by atoms with Crippen molar-refractivity contribution < 1.29 is 41.3 Å². The molecule has 2 aromatic carbocycles. The van der Waals surface area contributed by atoms with Crippen LogP contribution >= 0.6 is 0 Å². The number of nitrogens with one attached hydrogen (secondary N) is 1. The Morgan fingerprint density at radius 3 is 2.33 bits per heavy atom. The molecule has 0 spiro atoms. The lowest BCUT2D eigenvalue weighted by Gasteiger charge is -2.38. The van der Waals surface area contributed by atoms with Gasteiger partial charge in [-0.25, -0.2) is 13.2 Å². The van der Waals surface area contributed by atoms with Crippen molar-refractivity contribution in [3.8, 4) is 5.75 Å². The molecule has 0 aliphatic carbocycles. The van der Waals surface area contributed by atoms with Gasteiger partial charge in [-0.3, -0.25) is 4.72 Å². The first-order chi connectivity index (χ1) is 15.2. The second kappa shape index (κ2) is 8.75. The second-order valence-corrected chi connectivity index (χ2v) is 9.64. The third-order valence-corrected chi connectivity index (χ3v) is 6.84. The Kier molecular flexibility index (Phi) is 6.53. The minimum Gasteiger partial charge on any atom is -0.495 e. The number of halogens is 3. The Morgan fingerprint density at radius 1 is 1.15 bits per heavy atom. The molecule has 33 heavy (non-hydrogen) atoms. The molecule has 3 rings (SSSR count). The molecule has 1 saturated heterocycles. The van der Waals surface area contributed by atoms with Crippen LogP contribution in [-0.2, 0) is 16.2 Å². The first-order valence-corrected chi connectivity index (χ1v) is 11.3. The number of hydrogen-bond donors (Lipinski definition) is 3. The van der Waals surface area contributed by atoms with E-state index < -0.39 is 38.2 Å². The summed E-state index contributed by atoms with van der Waals surface area (Å²) in [5.74, 6) is -1.55. The maximum atomic E-state index is 13.4. The molecule has 0 amide bonds. The fourth-order valence-electron chi connectivity index (χ4n) is 3.52. The summed E-state index contributed by atoms with van der Waals surface area (Å²) in [5, 5.41) is 19.4. The minimum atomic E-state index is -4.72. The van der Waals surface area contributed by atoms with E-state index in [-0.39, 0.29) is 22.7 Å². The highest BCUT2D eigenvalue weighted by atomic mass is 32.2. The van der Waals surface area contributed by atoms with E-state index in [9.17, 15) is 36.6 Å². The number of methoxy groups -OCH3 is 1. The molecule has 1 heterocycles. The highest BCUT2D eigenvalue weighted by Crippen LogP contribution is 2.38. The number of aromatic carboxylic acids is 1. The molecule has 2 aromatic rings. The smallest absolute Gasteiger partial charge is 0.416 e. The van der Waals surface area contributed by atoms with Crippen LogP contribution in [0.4, 0.5) is 24.5 Å². The van der Waals surface area contributed by atoms with Gasteiger partial charge in [-0.05, 0) is 56.2 Å². The first-order valence-electron chi connectivity index (χ1n) is 9.86. The quantitative estimate of drug-likeness (QED) is 0.569. The highest BCUT2D eigenvalue weighted by Gasteiger charge is 2.34. The van der Waals surface area contributed by atoms with Crippen LogP contribution in [-0.4, -0.2) is 50.4 Å². The lowest BCUT2D eigenvalue weighted by atomic mass is 9.93. The van der Waals surface area contributed by atoms with E-state index >= 15 is 0 Å². The van der Waals surface area contributed by atoms with Crippen LogP contribution in [0.1, 0.15) is 35.7 Å². The lowest BCUT2D eigenvalue weighted by molar-refractivity contribution is -0.137. The fraction of sp³-hybridized carbons (Fsp3) is 0.381. The molecular weight excluding hydrogens is 465 g/mol. The van der Waals surface area contributed by atoms with Crippen molar-refractivity contribution in [2.45, 2.75) is 36.4 Å². The summed E-state index contributed by atoms with van der Waals surface area (Å²) in [4.78, 5) is 12.4. The second-order valence-electron chi connectivity index (χ2n) is 7.99. The SMILES string of the molecule is COc1ccc(C(=O)O)cc1S(=O)(=O)Nc1cc(C(F)(F)F)ccc1N1CCC(C)(O)CC1. The van der Waals surface area contributed by atoms with Crippen LogP contribution in [0.25, 0.3) is 0 Å². The van der Waals surface area contributed by atoms with Gasteiger partial charge < -0.3 is 19.8 Å². The van der Waals surface area contributed by atoms with Gasteiger partial charge in [0.25, 0.3) is 10.0 Å². The van der Waals surface area contributed by atoms with Crippen molar-refractivity contribution in [1.82, 2.24) is 0 Å². The van der Waals surface area contributed by atoms with Crippen molar-refractivity contribution in [1.29, 1.82) is 0 Å². The number of ether oxygens (including phenoxy) is 1. The van der Waals surface area contributed by atoms with Crippen LogP contribution in [0.2, 0.25) is 0 Å². The molecule has 1 fully saturated rings. The van der Waals surface area contributed by atoms with Gasteiger partial charge in [0.1, 0.15) is 10.6 Å². The van der Waals surface area contributed by atoms with Crippen molar-refractivity contribution in [3.05, 3.63) is 47.5 Å². The molecule has 8 nitrogen and oxygen atoms in total. The summed E-state index contributed by atoms with van der Waals surface area (Å²) in [6.07, 6.45) is -4.03. The van der Waals surface area contributed by atoms with Gasteiger partial charge in [-0.1, -0.05) is 0 Å². The van der Waals surface area contributed by atoms with E-state index in [4.69, 9.17) is 4.74 Å². The van der Waals surface area contributed by atoms with Gasteiger partial charge in [0.2, 0.25) is 0 Å². The van der Waals surface area contributed by atoms with Gasteiger partial charge in [0.15, 0.2) is 0 Å². The average molecular weight is 488 g/mol. The normalized spacial score (nSPS) is 16.4. The summed E-state index contributed by atoms with van der Waals surface area (Å²) in [6, 6.07) is 5.88. The van der Waals surface area contributed by atoms with Crippen LogP contribution in [0.5, 0.6) is 5.75 Å². The number of piperidine rings is 1. The number of anilines is 2. The zero-order valence-corrected chi connectivity index (χ0v) is 18.6. The van der Waals surface area contributed by atoms with Crippen molar-refractivity contribution in [2.24, 2.45) is 0 Å². The van der Waals surface area contributed by atoms with Gasteiger partial charge in [0.05, 0.1) is 35.2 Å². The Hall–Kier alpha value is -2.99. The average Bonchev–Trinajstić information content (AvgIpc) is 2.72. The predicted octanol–water partition coefficient (Wildman–Crippen LogP) is 3.56. The van der Waals surface area contributed by atoms with E-state index in [1.165, 1.54) is 13.2 Å². The van der Waals surface area contributed by atoms with Gasteiger partial charge in [0, 0.05) is 13.1 Å². The number of rotatable bonds is 6. The first kappa shape index (κ1) is 24.6. The number of carbonyl (C=O) groups is 1. The number of carboxylic acid groups (broad SMARTS) is 1. The van der Waals surface area contributed by atoms with E-state index in [2.05, 4.69) is 4.72 Å². The minimum absolute atomic E-state index is 0.171. The van der Waals surface area contributed by atoms with E-state index in [1.54, 1.807) is 11.8 Å². The lowest BCUT2D eigenvalue weighted by Crippen LogP contribution is -2.42. The fourth-order valence-corrected chi connectivity index (χ4v) is 4.78. The topological polar surface area (TPSA) is 116 Å². The summed E-state index contributed by atoms with van der Waals surface area (Å²) in [5.41, 5.74) is -2.44. The molecule has 0 atom stereocenters. The number of carboxylic acids is 1. The van der Waals surface area contributed by atoms with Crippen molar-refractivity contribution in [3.63, 3.8) is 0 Å². The number of benzene rings is 2. The largest absolute Gasteiger partial charge is 0.495 e. The zero-order valence-electron chi connectivity index (χ0n) is 17.8. The van der Waals surface area contributed by atoms with Crippen LogP contribution < -0.4 is 14.4 Å². The maximum absolute atomic E-state index is 13.4. The molecule has 0 unspecified atom stereocenters. The highest BCUT2D eigenvalue weighted by molar-refractivity contribution is 7.92. The molecule has 1 aliphatic rings. The van der Waals surface area contributed by atoms with Crippen LogP contribution in [0, 0.1) is 0 Å². The number of hydrogen-bond acceptors (Lipinski definition) is 6.